The summed E-state index contributed by atoms with van der Waals surface area (Å²) in [6.45, 7) is 1.05. The monoisotopic (exact) mass is 367 g/mol. The van der Waals surface area contributed by atoms with E-state index >= 15 is 0 Å². The van der Waals surface area contributed by atoms with E-state index in [4.69, 9.17) is 4.74 Å². The Morgan fingerprint density at radius 1 is 1.30 bits per heavy atom. The van der Waals surface area contributed by atoms with Crippen LogP contribution in [0.2, 0.25) is 0 Å². The fourth-order valence-electron chi connectivity index (χ4n) is 3.25. The molecule has 0 radical (unpaired) electrons. The van der Waals surface area contributed by atoms with Gasteiger partial charge in [-0.15, -0.1) is 0 Å². The first kappa shape index (κ1) is 17.2. The molecule has 3 aromatic heterocycles. The molecule has 1 N–H and O–H groups in total. The van der Waals surface area contributed by atoms with Gasteiger partial charge >= 0.3 is 5.69 Å². The van der Waals surface area contributed by atoms with Crippen LogP contribution in [0.3, 0.4) is 0 Å². The normalized spacial score (nSPS) is 16.4. The summed E-state index contributed by atoms with van der Waals surface area (Å²) in [7, 11) is 1.58. The number of aromatic nitrogens is 6. The average molecular weight is 367 g/mol. The van der Waals surface area contributed by atoms with Crippen LogP contribution in [0.4, 0.5) is 5.95 Å². The van der Waals surface area contributed by atoms with E-state index in [1.54, 1.807) is 36.3 Å². The molecule has 9 nitrogen and oxygen atoms in total. The number of pyridine rings is 1. The predicted molar refractivity (Wildman–Crippen MR) is 98.8 cm³/mol. The van der Waals surface area contributed by atoms with E-state index in [-0.39, 0.29) is 11.7 Å². The van der Waals surface area contributed by atoms with Crippen LogP contribution in [0.15, 0.2) is 41.6 Å². The number of fused-ring (bicyclic) bond motifs is 1. The standard InChI is InChI=1S/C18H21N7O2/c1-27-16-6-9-20-17(22-16)21-14-4-5-15-23-25(18(26)24(15)10-7-14)12-13-3-2-8-19-11-13/h2-3,6,8-9,11,14H,4-5,7,10,12H2,1H3,(H,20,21,22). The highest BCUT2D eigenvalue weighted by Crippen LogP contribution is 2.16. The number of rotatable bonds is 5. The van der Waals surface area contributed by atoms with Crippen molar-refractivity contribution in [3.63, 3.8) is 0 Å². The lowest BCUT2D eigenvalue weighted by atomic mass is 10.1. The Balaban J connectivity index is 1.45. The average Bonchev–Trinajstić information content (AvgIpc) is 2.86. The molecule has 9 heteroatoms. The lowest BCUT2D eigenvalue weighted by Crippen LogP contribution is -2.27. The second-order valence-electron chi connectivity index (χ2n) is 6.46. The first-order valence-corrected chi connectivity index (χ1v) is 8.92. The highest BCUT2D eigenvalue weighted by atomic mass is 16.5. The molecule has 3 aromatic rings. The molecule has 0 aliphatic carbocycles. The van der Waals surface area contributed by atoms with Crippen molar-refractivity contribution >= 4 is 5.95 Å². The van der Waals surface area contributed by atoms with Gasteiger partial charge < -0.3 is 10.1 Å². The predicted octanol–water partition coefficient (Wildman–Crippen LogP) is 1.10. The second-order valence-corrected chi connectivity index (χ2v) is 6.46. The fourth-order valence-corrected chi connectivity index (χ4v) is 3.25. The van der Waals surface area contributed by atoms with Gasteiger partial charge in [-0.3, -0.25) is 9.55 Å². The maximum Gasteiger partial charge on any atom is 0.346 e. The topological polar surface area (TPSA) is 99.8 Å². The van der Waals surface area contributed by atoms with Gasteiger partial charge in [-0.25, -0.2) is 14.5 Å². The van der Waals surface area contributed by atoms with Gasteiger partial charge in [0, 0.05) is 43.7 Å². The molecule has 0 fully saturated rings. The van der Waals surface area contributed by atoms with Crippen molar-refractivity contribution in [3.05, 3.63) is 58.7 Å². The van der Waals surface area contributed by atoms with Crippen LogP contribution in [0.25, 0.3) is 0 Å². The Labute approximate surface area is 156 Å². The SMILES string of the molecule is COc1ccnc(NC2CCc3nn(Cc4cccnc4)c(=O)n3CC2)n1. The summed E-state index contributed by atoms with van der Waals surface area (Å²) in [6.07, 6.45) is 7.50. The van der Waals surface area contributed by atoms with E-state index in [1.165, 1.54) is 4.68 Å². The molecule has 0 saturated heterocycles. The zero-order valence-corrected chi connectivity index (χ0v) is 15.1. The summed E-state index contributed by atoms with van der Waals surface area (Å²) in [5.41, 5.74) is 0.884. The van der Waals surface area contributed by atoms with E-state index in [0.29, 0.717) is 24.9 Å². The maximum absolute atomic E-state index is 12.7. The smallest absolute Gasteiger partial charge is 0.346 e. The summed E-state index contributed by atoms with van der Waals surface area (Å²) < 4.78 is 8.42. The molecule has 4 heterocycles. The number of methoxy groups -OCH3 is 1. The van der Waals surface area contributed by atoms with Gasteiger partial charge in [-0.2, -0.15) is 10.1 Å². The highest BCUT2D eigenvalue weighted by Gasteiger charge is 2.21. The Morgan fingerprint density at radius 2 is 2.22 bits per heavy atom. The Hall–Kier alpha value is -3.23. The van der Waals surface area contributed by atoms with Gasteiger partial charge in [0.15, 0.2) is 0 Å². The number of ether oxygens (including phenoxy) is 1. The van der Waals surface area contributed by atoms with Gasteiger partial charge in [0.1, 0.15) is 5.82 Å². The molecule has 0 amide bonds. The quantitative estimate of drug-likeness (QED) is 0.721. The molecule has 0 aromatic carbocycles. The lowest BCUT2D eigenvalue weighted by Gasteiger charge is -2.16. The zero-order chi connectivity index (χ0) is 18.6. The van der Waals surface area contributed by atoms with Crippen LogP contribution in [0.1, 0.15) is 24.2 Å². The lowest BCUT2D eigenvalue weighted by molar-refractivity contribution is 0.397. The maximum atomic E-state index is 12.7. The van der Waals surface area contributed by atoms with E-state index < -0.39 is 0 Å². The molecule has 4 rings (SSSR count). The minimum absolute atomic E-state index is 0.0767. The zero-order valence-electron chi connectivity index (χ0n) is 15.1. The first-order valence-electron chi connectivity index (χ1n) is 8.92. The van der Waals surface area contributed by atoms with E-state index in [9.17, 15) is 4.79 Å². The van der Waals surface area contributed by atoms with Crippen molar-refractivity contribution in [2.45, 2.75) is 38.4 Å². The number of anilines is 1. The first-order chi connectivity index (χ1) is 13.2. The van der Waals surface area contributed by atoms with E-state index in [0.717, 1.165) is 30.7 Å². The third-order valence-electron chi connectivity index (χ3n) is 4.64. The van der Waals surface area contributed by atoms with Crippen molar-refractivity contribution in [2.24, 2.45) is 0 Å². The van der Waals surface area contributed by atoms with Crippen molar-refractivity contribution < 1.29 is 4.74 Å². The molecule has 0 bridgehead atoms. The van der Waals surface area contributed by atoms with Gasteiger partial charge in [0.05, 0.1) is 13.7 Å². The molecular formula is C18H21N7O2. The summed E-state index contributed by atoms with van der Waals surface area (Å²) in [4.78, 5) is 25.3. The van der Waals surface area contributed by atoms with Crippen LogP contribution < -0.4 is 15.7 Å². The van der Waals surface area contributed by atoms with Crippen molar-refractivity contribution in [1.29, 1.82) is 0 Å². The molecular weight excluding hydrogens is 346 g/mol. The minimum atomic E-state index is -0.0767. The molecule has 1 aliphatic heterocycles. The molecule has 140 valence electrons. The van der Waals surface area contributed by atoms with Gasteiger partial charge in [-0.1, -0.05) is 6.07 Å². The third kappa shape index (κ3) is 3.81. The van der Waals surface area contributed by atoms with Crippen molar-refractivity contribution in [1.82, 2.24) is 29.3 Å². The van der Waals surface area contributed by atoms with E-state index in [2.05, 4.69) is 25.4 Å². The Morgan fingerprint density at radius 3 is 3.04 bits per heavy atom. The van der Waals surface area contributed by atoms with Gasteiger partial charge in [0.25, 0.3) is 0 Å². The summed E-state index contributed by atoms with van der Waals surface area (Å²) in [5.74, 6) is 1.87. The van der Waals surface area contributed by atoms with Gasteiger partial charge in [-0.05, 0) is 24.5 Å². The van der Waals surface area contributed by atoms with Crippen molar-refractivity contribution in [2.75, 3.05) is 12.4 Å². The van der Waals surface area contributed by atoms with Crippen LogP contribution in [-0.2, 0) is 19.5 Å². The summed E-state index contributed by atoms with van der Waals surface area (Å²) in [6, 6.07) is 5.68. The summed E-state index contributed by atoms with van der Waals surface area (Å²) in [5, 5.41) is 7.87. The van der Waals surface area contributed by atoms with Crippen LogP contribution in [-0.4, -0.2) is 42.5 Å². The number of nitrogens with zero attached hydrogens (tertiary/aromatic N) is 6. The van der Waals surface area contributed by atoms with Gasteiger partial charge in [0.2, 0.25) is 11.8 Å². The summed E-state index contributed by atoms with van der Waals surface area (Å²) >= 11 is 0. The molecule has 1 unspecified atom stereocenters. The Bertz CT molecular complexity index is 967. The fraction of sp³-hybridized carbons (Fsp3) is 0.389. The van der Waals surface area contributed by atoms with Crippen LogP contribution in [0, 0.1) is 0 Å². The second kappa shape index (κ2) is 7.56. The molecule has 1 aliphatic rings. The Kier molecular flexibility index (Phi) is 4.82. The minimum Gasteiger partial charge on any atom is -0.481 e. The number of hydrogen-bond acceptors (Lipinski definition) is 7. The van der Waals surface area contributed by atoms with Crippen molar-refractivity contribution in [3.8, 4) is 5.88 Å². The molecule has 27 heavy (non-hydrogen) atoms. The van der Waals surface area contributed by atoms with Crippen LogP contribution in [0.5, 0.6) is 5.88 Å². The molecule has 1 atom stereocenters. The highest BCUT2D eigenvalue weighted by molar-refractivity contribution is 5.29. The number of aryl methyl sites for hydroxylation is 1. The number of hydrogen-bond donors (Lipinski definition) is 1. The van der Waals surface area contributed by atoms with Crippen LogP contribution >= 0.6 is 0 Å². The third-order valence-corrected chi connectivity index (χ3v) is 4.64. The largest absolute Gasteiger partial charge is 0.481 e. The number of nitrogens with one attached hydrogen (secondary N) is 1. The molecule has 0 spiro atoms. The molecule has 0 saturated carbocycles. The van der Waals surface area contributed by atoms with E-state index in [1.807, 2.05) is 12.1 Å².